The fourth-order valence-electron chi connectivity index (χ4n) is 2.53. The van der Waals surface area contributed by atoms with Gasteiger partial charge in [0, 0.05) is 24.5 Å². The first-order chi connectivity index (χ1) is 10.3. The van der Waals surface area contributed by atoms with E-state index in [2.05, 4.69) is 28.7 Å². The molecule has 2 rings (SSSR count). The molecule has 1 aromatic heterocycles. The minimum absolute atomic E-state index is 0.0324. The van der Waals surface area contributed by atoms with Crippen molar-refractivity contribution in [3.63, 3.8) is 0 Å². The number of hydrogen-bond donors (Lipinski definition) is 1. The van der Waals surface area contributed by atoms with Crippen molar-refractivity contribution in [1.82, 2.24) is 14.9 Å². The first kappa shape index (κ1) is 15.4. The molecule has 0 spiro atoms. The highest BCUT2D eigenvalue weighted by molar-refractivity contribution is 5.49. The number of aromatic nitrogens is 2. The van der Waals surface area contributed by atoms with Crippen molar-refractivity contribution in [2.24, 2.45) is 0 Å². The van der Waals surface area contributed by atoms with Gasteiger partial charge in [-0.05, 0) is 19.5 Å². The van der Waals surface area contributed by atoms with E-state index < -0.39 is 0 Å². The van der Waals surface area contributed by atoms with E-state index in [0.717, 1.165) is 36.0 Å². The van der Waals surface area contributed by atoms with Crippen LogP contribution in [0.2, 0.25) is 0 Å². The van der Waals surface area contributed by atoms with Gasteiger partial charge in [0.05, 0.1) is 20.3 Å². The molecule has 1 aromatic carbocycles. The van der Waals surface area contributed by atoms with Crippen LogP contribution >= 0.6 is 0 Å². The molecular weight excluding hydrogens is 266 g/mol. The van der Waals surface area contributed by atoms with Crippen molar-refractivity contribution in [3.05, 3.63) is 42.0 Å². The molecule has 1 N–H and O–H groups in total. The molecule has 0 aliphatic rings. The largest absolute Gasteiger partial charge is 0.493 e. The lowest BCUT2D eigenvalue weighted by Crippen LogP contribution is -2.25. The van der Waals surface area contributed by atoms with E-state index in [0.29, 0.717) is 0 Å². The minimum atomic E-state index is -0.0324. The predicted molar refractivity (Wildman–Crippen MR) is 83.0 cm³/mol. The molecular formula is C16H23N3O2. The van der Waals surface area contributed by atoms with Crippen LogP contribution in [0.5, 0.6) is 11.5 Å². The first-order valence-corrected chi connectivity index (χ1v) is 7.22. The van der Waals surface area contributed by atoms with Gasteiger partial charge in [-0.15, -0.1) is 0 Å². The van der Waals surface area contributed by atoms with Gasteiger partial charge in [-0.2, -0.15) is 0 Å². The minimum Gasteiger partial charge on any atom is -0.493 e. The van der Waals surface area contributed by atoms with E-state index >= 15 is 0 Å². The first-order valence-electron chi connectivity index (χ1n) is 7.22. The zero-order chi connectivity index (χ0) is 15.2. The van der Waals surface area contributed by atoms with Gasteiger partial charge >= 0.3 is 0 Å². The van der Waals surface area contributed by atoms with E-state index in [1.54, 1.807) is 14.2 Å². The number of benzene rings is 1. The number of rotatable bonds is 7. The number of imidazole rings is 1. The number of aryl methyl sites for hydroxylation is 1. The normalized spacial score (nSPS) is 12.2. The van der Waals surface area contributed by atoms with Crippen molar-refractivity contribution in [1.29, 1.82) is 0 Å². The van der Waals surface area contributed by atoms with Crippen molar-refractivity contribution >= 4 is 0 Å². The van der Waals surface area contributed by atoms with Crippen LogP contribution in [0.3, 0.4) is 0 Å². The Kier molecular flexibility index (Phi) is 5.22. The van der Waals surface area contributed by atoms with Gasteiger partial charge in [0.25, 0.3) is 0 Å². The second-order valence-corrected chi connectivity index (χ2v) is 4.64. The molecule has 1 heterocycles. The number of methoxy groups -OCH3 is 2. The summed E-state index contributed by atoms with van der Waals surface area (Å²) >= 11 is 0. The Morgan fingerprint density at radius 2 is 2.05 bits per heavy atom. The summed E-state index contributed by atoms with van der Waals surface area (Å²) in [5, 5.41) is 3.48. The van der Waals surface area contributed by atoms with Crippen LogP contribution in [0.15, 0.2) is 30.6 Å². The molecule has 0 saturated carbocycles. The number of para-hydroxylation sites is 1. The summed E-state index contributed by atoms with van der Waals surface area (Å²) in [6, 6.07) is 5.89. The maximum atomic E-state index is 5.56. The molecule has 0 aliphatic carbocycles. The van der Waals surface area contributed by atoms with E-state index in [9.17, 15) is 0 Å². The van der Waals surface area contributed by atoms with Crippen LogP contribution in [0, 0.1) is 0 Å². The quantitative estimate of drug-likeness (QED) is 0.851. The average molecular weight is 289 g/mol. The SMILES string of the molecule is CCNC(c1cccc(OC)c1OC)c1nccn1CC. The van der Waals surface area contributed by atoms with Crippen LogP contribution in [-0.4, -0.2) is 30.3 Å². The van der Waals surface area contributed by atoms with Gasteiger partial charge in [0.1, 0.15) is 5.82 Å². The van der Waals surface area contributed by atoms with Crippen molar-refractivity contribution < 1.29 is 9.47 Å². The zero-order valence-electron chi connectivity index (χ0n) is 13.1. The fourth-order valence-corrected chi connectivity index (χ4v) is 2.53. The Hall–Kier alpha value is -2.01. The van der Waals surface area contributed by atoms with Crippen LogP contribution in [0.1, 0.15) is 31.3 Å². The third-order valence-corrected chi connectivity index (χ3v) is 3.50. The average Bonchev–Trinajstić information content (AvgIpc) is 3.00. The molecule has 5 heteroatoms. The summed E-state index contributed by atoms with van der Waals surface area (Å²) in [7, 11) is 3.31. The molecule has 0 aliphatic heterocycles. The zero-order valence-corrected chi connectivity index (χ0v) is 13.1. The number of nitrogens with zero attached hydrogens (tertiary/aromatic N) is 2. The Labute approximate surface area is 125 Å². The van der Waals surface area contributed by atoms with Crippen molar-refractivity contribution in [3.8, 4) is 11.5 Å². The monoisotopic (exact) mass is 289 g/mol. The molecule has 0 bridgehead atoms. The van der Waals surface area contributed by atoms with E-state index in [4.69, 9.17) is 9.47 Å². The summed E-state index contributed by atoms with van der Waals surface area (Å²) in [5.41, 5.74) is 1.03. The van der Waals surface area contributed by atoms with E-state index in [1.807, 2.05) is 30.6 Å². The summed E-state index contributed by atoms with van der Waals surface area (Å²) in [6.07, 6.45) is 3.82. The fraction of sp³-hybridized carbons (Fsp3) is 0.438. The molecule has 2 aromatic rings. The summed E-state index contributed by atoms with van der Waals surface area (Å²) < 4.78 is 13.1. The topological polar surface area (TPSA) is 48.3 Å². The number of ether oxygens (including phenoxy) is 2. The molecule has 0 amide bonds. The van der Waals surface area contributed by atoms with Gasteiger partial charge in [0.2, 0.25) is 0 Å². The van der Waals surface area contributed by atoms with Crippen molar-refractivity contribution in [2.75, 3.05) is 20.8 Å². The van der Waals surface area contributed by atoms with Crippen molar-refractivity contribution in [2.45, 2.75) is 26.4 Å². The summed E-state index contributed by atoms with van der Waals surface area (Å²) in [4.78, 5) is 4.52. The molecule has 0 saturated heterocycles. The Bertz CT molecular complexity index is 581. The second-order valence-electron chi connectivity index (χ2n) is 4.64. The van der Waals surface area contributed by atoms with Gasteiger partial charge < -0.3 is 19.4 Å². The maximum Gasteiger partial charge on any atom is 0.165 e. The lowest BCUT2D eigenvalue weighted by Gasteiger charge is -2.22. The van der Waals surface area contributed by atoms with Crippen LogP contribution in [-0.2, 0) is 6.54 Å². The Balaban J connectivity index is 2.53. The molecule has 5 nitrogen and oxygen atoms in total. The third-order valence-electron chi connectivity index (χ3n) is 3.50. The highest BCUT2D eigenvalue weighted by Crippen LogP contribution is 2.36. The Morgan fingerprint density at radius 3 is 2.67 bits per heavy atom. The van der Waals surface area contributed by atoms with Crippen LogP contribution in [0.4, 0.5) is 0 Å². The maximum absolute atomic E-state index is 5.56. The van der Waals surface area contributed by atoms with Gasteiger partial charge in [-0.1, -0.05) is 19.1 Å². The van der Waals surface area contributed by atoms with E-state index in [1.165, 1.54) is 0 Å². The molecule has 0 radical (unpaired) electrons. The summed E-state index contributed by atoms with van der Waals surface area (Å²) in [5.74, 6) is 2.45. The predicted octanol–water partition coefficient (Wildman–Crippen LogP) is 2.62. The highest BCUT2D eigenvalue weighted by Gasteiger charge is 2.23. The lowest BCUT2D eigenvalue weighted by molar-refractivity contribution is 0.348. The molecule has 21 heavy (non-hydrogen) atoms. The molecule has 1 atom stereocenters. The highest BCUT2D eigenvalue weighted by atomic mass is 16.5. The smallest absolute Gasteiger partial charge is 0.165 e. The number of hydrogen-bond acceptors (Lipinski definition) is 4. The standard InChI is InChI=1S/C16H23N3O2/c1-5-17-14(16-18-10-11-19(16)6-2)12-8-7-9-13(20-3)15(12)21-4/h7-11,14,17H,5-6H2,1-4H3. The van der Waals surface area contributed by atoms with Crippen LogP contribution < -0.4 is 14.8 Å². The number of nitrogens with one attached hydrogen (secondary N) is 1. The van der Waals surface area contributed by atoms with Gasteiger partial charge in [-0.3, -0.25) is 0 Å². The lowest BCUT2D eigenvalue weighted by atomic mass is 10.0. The van der Waals surface area contributed by atoms with Gasteiger partial charge in [0.15, 0.2) is 11.5 Å². The summed E-state index contributed by atoms with van der Waals surface area (Å²) in [6.45, 7) is 5.90. The molecule has 114 valence electrons. The third kappa shape index (κ3) is 3.03. The van der Waals surface area contributed by atoms with Crippen LogP contribution in [0.25, 0.3) is 0 Å². The van der Waals surface area contributed by atoms with Gasteiger partial charge in [-0.25, -0.2) is 4.98 Å². The van der Waals surface area contributed by atoms with E-state index in [-0.39, 0.29) is 6.04 Å². The Morgan fingerprint density at radius 1 is 1.24 bits per heavy atom. The molecule has 1 unspecified atom stereocenters. The second kappa shape index (κ2) is 7.13. The molecule has 0 fully saturated rings.